The molecule has 0 aliphatic heterocycles. The minimum Gasteiger partial charge on any atom is -0.496 e. The van der Waals surface area contributed by atoms with Crippen molar-refractivity contribution < 1.29 is 4.74 Å². The molecule has 0 fully saturated rings. The maximum atomic E-state index is 5.41. The van der Waals surface area contributed by atoms with Crippen molar-refractivity contribution in [3.05, 3.63) is 48.0 Å². The predicted molar refractivity (Wildman–Crippen MR) is 85.8 cm³/mol. The van der Waals surface area contributed by atoms with E-state index in [1.807, 2.05) is 43.4 Å². The number of anilines is 1. The normalized spacial score (nSPS) is 10.6. The monoisotopic (exact) mass is 279 g/mol. The van der Waals surface area contributed by atoms with E-state index in [0.29, 0.717) is 5.82 Å². The SMILES string of the molecule is CNc1nc(-c2ccccc2OC)nc2cccc(C)c12. The van der Waals surface area contributed by atoms with E-state index in [1.54, 1.807) is 7.11 Å². The molecule has 4 nitrogen and oxygen atoms in total. The van der Waals surface area contributed by atoms with Crippen LogP contribution in [0.15, 0.2) is 42.5 Å². The van der Waals surface area contributed by atoms with Gasteiger partial charge in [0.1, 0.15) is 11.6 Å². The third-order valence-corrected chi connectivity index (χ3v) is 3.52. The standard InChI is InChI=1S/C17H17N3O/c1-11-7-6-9-13-15(11)17(18-2)20-16(19-13)12-8-4-5-10-14(12)21-3/h4-10H,1-3H3,(H,18,19,20). The van der Waals surface area contributed by atoms with Crippen molar-refractivity contribution in [2.24, 2.45) is 0 Å². The summed E-state index contributed by atoms with van der Waals surface area (Å²) in [5.74, 6) is 2.26. The lowest BCUT2D eigenvalue weighted by molar-refractivity contribution is 0.416. The number of methoxy groups -OCH3 is 1. The molecule has 3 rings (SSSR count). The smallest absolute Gasteiger partial charge is 0.165 e. The quantitative estimate of drug-likeness (QED) is 0.795. The van der Waals surface area contributed by atoms with Gasteiger partial charge in [0.05, 0.1) is 18.2 Å². The molecule has 0 saturated heterocycles. The average Bonchev–Trinajstić information content (AvgIpc) is 2.54. The van der Waals surface area contributed by atoms with Crippen molar-refractivity contribution in [3.8, 4) is 17.1 Å². The van der Waals surface area contributed by atoms with Gasteiger partial charge in [0, 0.05) is 12.4 Å². The van der Waals surface area contributed by atoms with E-state index in [9.17, 15) is 0 Å². The molecule has 106 valence electrons. The van der Waals surface area contributed by atoms with E-state index in [4.69, 9.17) is 9.72 Å². The van der Waals surface area contributed by atoms with Gasteiger partial charge in [-0.15, -0.1) is 0 Å². The fraction of sp³-hybridized carbons (Fsp3) is 0.176. The first-order valence-corrected chi connectivity index (χ1v) is 6.83. The molecule has 4 heteroatoms. The van der Waals surface area contributed by atoms with Crippen LogP contribution < -0.4 is 10.1 Å². The third kappa shape index (κ3) is 2.29. The first-order valence-electron chi connectivity index (χ1n) is 6.83. The Labute approximate surface area is 123 Å². The van der Waals surface area contributed by atoms with Gasteiger partial charge in [-0.1, -0.05) is 24.3 Å². The molecule has 0 aliphatic carbocycles. The highest BCUT2D eigenvalue weighted by molar-refractivity contribution is 5.93. The fourth-order valence-corrected chi connectivity index (χ4v) is 2.49. The third-order valence-electron chi connectivity index (χ3n) is 3.52. The van der Waals surface area contributed by atoms with Gasteiger partial charge >= 0.3 is 0 Å². The molecule has 2 aromatic carbocycles. The van der Waals surface area contributed by atoms with Gasteiger partial charge in [-0.25, -0.2) is 9.97 Å². The van der Waals surface area contributed by atoms with E-state index in [2.05, 4.69) is 23.3 Å². The van der Waals surface area contributed by atoms with Crippen LogP contribution in [0, 0.1) is 6.92 Å². The summed E-state index contributed by atoms with van der Waals surface area (Å²) in [7, 11) is 3.53. The summed E-state index contributed by atoms with van der Waals surface area (Å²) in [5, 5.41) is 4.22. The number of fused-ring (bicyclic) bond motifs is 1. The number of ether oxygens (including phenoxy) is 1. The predicted octanol–water partition coefficient (Wildman–Crippen LogP) is 3.66. The van der Waals surface area contributed by atoms with Gasteiger partial charge in [-0.3, -0.25) is 0 Å². The molecule has 0 spiro atoms. The Morgan fingerprint density at radius 3 is 2.57 bits per heavy atom. The molecule has 0 radical (unpaired) electrons. The summed E-state index contributed by atoms with van der Waals surface area (Å²) in [6.45, 7) is 2.06. The van der Waals surface area contributed by atoms with E-state index in [-0.39, 0.29) is 0 Å². The number of rotatable bonds is 3. The van der Waals surface area contributed by atoms with Crippen molar-refractivity contribution in [1.29, 1.82) is 0 Å². The van der Waals surface area contributed by atoms with Crippen molar-refractivity contribution in [1.82, 2.24) is 9.97 Å². The van der Waals surface area contributed by atoms with Gasteiger partial charge in [-0.2, -0.15) is 0 Å². The van der Waals surface area contributed by atoms with Gasteiger partial charge in [0.2, 0.25) is 0 Å². The molecular weight excluding hydrogens is 262 g/mol. The van der Waals surface area contributed by atoms with Gasteiger partial charge < -0.3 is 10.1 Å². The maximum absolute atomic E-state index is 5.41. The summed E-state index contributed by atoms with van der Waals surface area (Å²) in [6, 6.07) is 13.9. The number of aryl methyl sites for hydroxylation is 1. The van der Waals surface area contributed by atoms with E-state index in [0.717, 1.165) is 33.6 Å². The first kappa shape index (κ1) is 13.4. The molecule has 0 amide bonds. The Kier molecular flexibility index (Phi) is 3.44. The number of nitrogens with zero attached hydrogens (tertiary/aromatic N) is 2. The molecule has 0 aliphatic rings. The molecular formula is C17H17N3O. The number of benzene rings is 2. The number of hydrogen-bond donors (Lipinski definition) is 1. The molecule has 21 heavy (non-hydrogen) atoms. The van der Waals surface area contributed by atoms with E-state index in [1.165, 1.54) is 0 Å². The van der Waals surface area contributed by atoms with Crippen LogP contribution >= 0.6 is 0 Å². The summed E-state index contributed by atoms with van der Waals surface area (Å²) in [4.78, 5) is 9.35. The highest BCUT2D eigenvalue weighted by Gasteiger charge is 2.13. The van der Waals surface area contributed by atoms with Crippen LogP contribution in [0.3, 0.4) is 0 Å². The molecule has 0 saturated carbocycles. The first-order chi connectivity index (χ1) is 10.2. The Morgan fingerprint density at radius 2 is 1.81 bits per heavy atom. The molecule has 1 heterocycles. The van der Waals surface area contributed by atoms with E-state index >= 15 is 0 Å². The van der Waals surface area contributed by atoms with Gasteiger partial charge in [0.25, 0.3) is 0 Å². The van der Waals surface area contributed by atoms with Crippen LogP contribution in [0.4, 0.5) is 5.82 Å². The number of para-hydroxylation sites is 1. The zero-order valence-corrected chi connectivity index (χ0v) is 12.3. The molecule has 1 N–H and O–H groups in total. The Bertz CT molecular complexity index is 799. The minimum atomic E-state index is 0.662. The molecule has 0 bridgehead atoms. The lowest BCUT2D eigenvalue weighted by atomic mass is 10.1. The zero-order chi connectivity index (χ0) is 14.8. The number of hydrogen-bond acceptors (Lipinski definition) is 4. The molecule has 3 aromatic rings. The molecule has 1 aromatic heterocycles. The Balaban J connectivity index is 2.30. The summed E-state index contributed by atoms with van der Waals surface area (Å²) in [6.07, 6.45) is 0. The topological polar surface area (TPSA) is 47.0 Å². The lowest BCUT2D eigenvalue weighted by Crippen LogP contribution is -2.00. The van der Waals surface area contributed by atoms with Crippen molar-refractivity contribution >= 4 is 16.7 Å². The molecule has 0 atom stereocenters. The highest BCUT2D eigenvalue weighted by Crippen LogP contribution is 2.31. The minimum absolute atomic E-state index is 0.662. The van der Waals surface area contributed by atoms with Gasteiger partial charge in [0.15, 0.2) is 5.82 Å². The zero-order valence-electron chi connectivity index (χ0n) is 12.3. The van der Waals surface area contributed by atoms with Gasteiger partial charge in [-0.05, 0) is 30.7 Å². The highest BCUT2D eigenvalue weighted by atomic mass is 16.5. The van der Waals surface area contributed by atoms with Crippen molar-refractivity contribution in [2.45, 2.75) is 6.92 Å². The molecule has 0 unspecified atom stereocenters. The number of aromatic nitrogens is 2. The Hall–Kier alpha value is -2.62. The second-order valence-electron chi connectivity index (χ2n) is 4.82. The summed E-state index contributed by atoms with van der Waals surface area (Å²) < 4.78 is 5.41. The van der Waals surface area contributed by atoms with Crippen LogP contribution in [-0.4, -0.2) is 24.1 Å². The van der Waals surface area contributed by atoms with E-state index < -0.39 is 0 Å². The van der Waals surface area contributed by atoms with Crippen LogP contribution in [0.1, 0.15) is 5.56 Å². The maximum Gasteiger partial charge on any atom is 0.165 e. The van der Waals surface area contributed by atoms with Crippen molar-refractivity contribution in [2.75, 3.05) is 19.5 Å². The fourth-order valence-electron chi connectivity index (χ4n) is 2.49. The largest absolute Gasteiger partial charge is 0.496 e. The second kappa shape index (κ2) is 5.40. The Morgan fingerprint density at radius 1 is 1.00 bits per heavy atom. The van der Waals surface area contributed by atoms with Crippen LogP contribution in [0.2, 0.25) is 0 Å². The lowest BCUT2D eigenvalue weighted by Gasteiger charge is -2.12. The second-order valence-corrected chi connectivity index (χ2v) is 4.82. The average molecular weight is 279 g/mol. The van der Waals surface area contributed by atoms with Crippen LogP contribution in [0.25, 0.3) is 22.3 Å². The van der Waals surface area contributed by atoms with Crippen LogP contribution in [0.5, 0.6) is 5.75 Å². The number of nitrogens with one attached hydrogen (secondary N) is 1. The van der Waals surface area contributed by atoms with Crippen LogP contribution in [-0.2, 0) is 0 Å². The summed E-state index contributed by atoms with van der Waals surface area (Å²) in [5.41, 5.74) is 2.97. The van der Waals surface area contributed by atoms with Crippen molar-refractivity contribution in [3.63, 3.8) is 0 Å². The summed E-state index contributed by atoms with van der Waals surface area (Å²) >= 11 is 0.